The van der Waals surface area contributed by atoms with Crippen LogP contribution in [0.5, 0.6) is 0 Å². The van der Waals surface area contributed by atoms with Gasteiger partial charge in [0, 0.05) is 24.3 Å². The number of hydrogen-bond donors (Lipinski definition) is 3. The Hall–Kier alpha value is -1.39. The summed E-state index contributed by atoms with van der Waals surface area (Å²) in [6.45, 7) is 0.473. The third-order valence-electron chi connectivity index (χ3n) is 3.41. The summed E-state index contributed by atoms with van der Waals surface area (Å²) in [7, 11) is 0. The minimum atomic E-state index is -4.49. The van der Waals surface area contributed by atoms with E-state index in [4.69, 9.17) is 19.7 Å². The molecular weight excluding hydrogens is 343 g/mol. The standard InChI is InChI=1S/C16H24F3NO5/c17-16(18,19)14-2-1-13(12-23)15(11-14)20(3-7-24-9-5-21)4-8-25-10-6-22/h1-2,11,21-23H,3-10,12H2. The molecule has 0 atom stereocenters. The van der Waals surface area contributed by atoms with Gasteiger partial charge in [0.1, 0.15) is 0 Å². The second kappa shape index (κ2) is 11.3. The molecule has 0 aliphatic heterocycles. The minimum Gasteiger partial charge on any atom is -0.394 e. The third-order valence-corrected chi connectivity index (χ3v) is 3.41. The monoisotopic (exact) mass is 367 g/mol. The van der Waals surface area contributed by atoms with Gasteiger partial charge in [0.25, 0.3) is 0 Å². The molecule has 9 heteroatoms. The summed E-state index contributed by atoms with van der Waals surface area (Å²) in [5.41, 5.74) is -0.202. The normalized spacial score (nSPS) is 11.8. The second-order valence-electron chi connectivity index (χ2n) is 5.16. The number of nitrogens with zero attached hydrogens (tertiary/aromatic N) is 1. The molecule has 0 spiro atoms. The molecule has 0 aliphatic rings. The van der Waals surface area contributed by atoms with Gasteiger partial charge >= 0.3 is 6.18 Å². The molecule has 0 radical (unpaired) electrons. The summed E-state index contributed by atoms with van der Waals surface area (Å²) in [5.74, 6) is 0. The molecule has 0 saturated heterocycles. The lowest BCUT2D eigenvalue weighted by Gasteiger charge is -2.27. The van der Waals surface area contributed by atoms with Crippen molar-refractivity contribution < 1.29 is 38.0 Å². The number of rotatable bonds is 12. The number of anilines is 1. The van der Waals surface area contributed by atoms with Crippen LogP contribution in [0.2, 0.25) is 0 Å². The van der Waals surface area contributed by atoms with Gasteiger partial charge in [-0.1, -0.05) is 6.07 Å². The van der Waals surface area contributed by atoms with Crippen molar-refractivity contribution in [1.82, 2.24) is 0 Å². The molecular formula is C16H24F3NO5. The summed E-state index contributed by atoms with van der Waals surface area (Å²) in [6.07, 6.45) is -4.49. The highest BCUT2D eigenvalue weighted by atomic mass is 19.4. The molecule has 1 rings (SSSR count). The molecule has 0 fully saturated rings. The van der Waals surface area contributed by atoms with Crippen molar-refractivity contribution in [3.8, 4) is 0 Å². The van der Waals surface area contributed by atoms with Crippen molar-refractivity contribution in [2.75, 3.05) is 57.6 Å². The summed E-state index contributed by atoms with van der Waals surface area (Å²) in [4.78, 5) is 1.62. The number of benzene rings is 1. The van der Waals surface area contributed by atoms with Crippen LogP contribution < -0.4 is 4.90 Å². The first kappa shape index (κ1) is 21.7. The van der Waals surface area contributed by atoms with E-state index in [1.807, 2.05) is 0 Å². The van der Waals surface area contributed by atoms with Gasteiger partial charge in [0.2, 0.25) is 0 Å². The topological polar surface area (TPSA) is 82.4 Å². The van der Waals surface area contributed by atoms with E-state index >= 15 is 0 Å². The fourth-order valence-corrected chi connectivity index (χ4v) is 2.20. The van der Waals surface area contributed by atoms with Crippen molar-refractivity contribution in [2.24, 2.45) is 0 Å². The van der Waals surface area contributed by atoms with Crippen LogP contribution in [0.1, 0.15) is 11.1 Å². The van der Waals surface area contributed by atoms with E-state index in [0.29, 0.717) is 5.56 Å². The molecule has 25 heavy (non-hydrogen) atoms. The average molecular weight is 367 g/mol. The molecule has 144 valence electrons. The Labute approximate surface area is 144 Å². The van der Waals surface area contributed by atoms with Gasteiger partial charge in [-0.15, -0.1) is 0 Å². The minimum absolute atomic E-state index is 0.129. The largest absolute Gasteiger partial charge is 0.416 e. The fourth-order valence-electron chi connectivity index (χ4n) is 2.20. The second-order valence-corrected chi connectivity index (χ2v) is 5.16. The molecule has 0 bridgehead atoms. The molecule has 1 aromatic carbocycles. The molecule has 0 amide bonds. The van der Waals surface area contributed by atoms with E-state index < -0.39 is 18.3 Å². The first-order valence-corrected chi connectivity index (χ1v) is 7.87. The van der Waals surface area contributed by atoms with Crippen LogP contribution in [0, 0.1) is 0 Å². The maximum Gasteiger partial charge on any atom is 0.416 e. The van der Waals surface area contributed by atoms with Crippen LogP contribution >= 0.6 is 0 Å². The van der Waals surface area contributed by atoms with E-state index in [9.17, 15) is 18.3 Å². The number of hydrogen-bond acceptors (Lipinski definition) is 6. The van der Waals surface area contributed by atoms with Gasteiger partial charge in [-0.25, -0.2) is 0 Å². The van der Waals surface area contributed by atoms with Crippen LogP contribution in [0.4, 0.5) is 18.9 Å². The Morgan fingerprint density at radius 3 is 1.88 bits per heavy atom. The number of alkyl halides is 3. The van der Waals surface area contributed by atoms with Gasteiger partial charge in [0.15, 0.2) is 0 Å². The van der Waals surface area contributed by atoms with E-state index in [1.54, 1.807) is 4.90 Å². The van der Waals surface area contributed by atoms with E-state index in [2.05, 4.69) is 0 Å². The van der Waals surface area contributed by atoms with Crippen LogP contribution in [0.25, 0.3) is 0 Å². The van der Waals surface area contributed by atoms with E-state index in [-0.39, 0.29) is 58.4 Å². The van der Waals surface area contributed by atoms with Gasteiger partial charge in [0.05, 0.1) is 51.8 Å². The van der Waals surface area contributed by atoms with Crippen molar-refractivity contribution in [3.05, 3.63) is 29.3 Å². The molecule has 3 N–H and O–H groups in total. The Kier molecular flexibility index (Phi) is 9.76. The average Bonchev–Trinajstić information content (AvgIpc) is 2.59. The maximum absolute atomic E-state index is 13.0. The molecule has 1 aromatic rings. The first-order valence-electron chi connectivity index (χ1n) is 7.87. The Bertz CT molecular complexity index is 487. The number of ether oxygens (including phenoxy) is 2. The lowest BCUT2D eigenvalue weighted by molar-refractivity contribution is -0.137. The zero-order chi connectivity index (χ0) is 18.7. The van der Waals surface area contributed by atoms with E-state index in [1.165, 1.54) is 6.07 Å². The van der Waals surface area contributed by atoms with Crippen LogP contribution in [-0.4, -0.2) is 68.1 Å². The quantitative estimate of drug-likeness (QED) is 0.479. The van der Waals surface area contributed by atoms with Crippen LogP contribution in [0.3, 0.4) is 0 Å². The fraction of sp³-hybridized carbons (Fsp3) is 0.625. The molecule has 0 aromatic heterocycles. The SMILES string of the molecule is OCCOCCN(CCOCCO)c1cc(C(F)(F)F)ccc1CO. The number of aliphatic hydroxyl groups excluding tert-OH is 3. The van der Waals surface area contributed by atoms with Crippen LogP contribution in [-0.2, 0) is 22.3 Å². The Morgan fingerprint density at radius 1 is 0.880 bits per heavy atom. The molecule has 0 aliphatic carbocycles. The summed E-state index contributed by atoms with van der Waals surface area (Å²) >= 11 is 0. The zero-order valence-electron chi connectivity index (χ0n) is 13.8. The highest BCUT2D eigenvalue weighted by molar-refractivity contribution is 5.56. The summed E-state index contributed by atoms with van der Waals surface area (Å²) in [6, 6.07) is 3.16. The van der Waals surface area contributed by atoms with Gasteiger partial charge in [-0.2, -0.15) is 13.2 Å². The van der Waals surface area contributed by atoms with Crippen molar-refractivity contribution in [3.63, 3.8) is 0 Å². The van der Waals surface area contributed by atoms with Crippen LogP contribution in [0.15, 0.2) is 18.2 Å². The molecule has 0 unspecified atom stereocenters. The third kappa shape index (κ3) is 7.57. The Morgan fingerprint density at radius 2 is 1.44 bits per heavy atom. The summed E-state index contributed by atoms with van der Waals surface area (Å²) in [5, 5.41) is 26.9. The van der Waals surface area contributed by atoms with Crippen molar-refractivity contribution in [1.29, 1.82) is 0 Å². The Balaban J connectivity index is 2.95. The molecule has 0 heterocycles. The van der Waals surface area contributed by atoms with Crippen molar-refractivity contribution in [2.45, 2.75) is 12.8 Å². The highest BCUT2D eigenvalue weighted by Gasteiger charge is 2.31. The van der Waals surface area contributed by atoms with Gasteiger partial charge in [-0.05, 0) is 12.1 Å². The lowest BCUT2D eigenvalue weighted by atomic mass is 10.1. The first-order chi connectivity index (χ1) is 11.9. The molecule has 0 saturated carbocycles. The van der Waals surface area contributed by atoms with Gasteiger partial charge in [-0.3, -0.25) is 0 Å². The number of aliphatic hydroxyl groups is 3. The predicted molar refractivity (Wildman–Crippen MR) is 85.4 cm³/mol. The molecule has 6 nitrogen and oxygen atoms in total. The number of halogens is 3. The lowest BCUT2D eigenvalue weighted by Crippen LogP contribution is -2.32. The maximum atomic E-state index is 13.0. The smallest absolute Gasteiger partial charge is 0.394 e. The zero-order valence-corrected chi connectivity index (χ0v) is 13.8. The van der Waals surface area contributed by atoms with Crippen molar-refractivity contribution >= 4 is 5.69 Å². The van der Waals surface area contributed by atoms with E-state index in [0.717, 1.165) is 12.1 Å². The predicted octanol–water partition coefficient (Wildman–Crippen LogP) is 1.02. The summed E-state index contributed by atoms with van der Waals surface area (Å²) < 4.78 is 49.3. The highest BCUT2D eigenvalue weighted by Crippen LogP contribution is 2.33. The van der Waals surface area contributed by atoms with Gasteiger partial charge < -0.3 is 29.7 Å².